The maximum absolute atomic E-state index is 11.6. The van der Waals surface area contributed by atoms with Crippen LogP contribution in [0.2, 0.25) is 0 Å². The molecule has 0 saturated heterocycles. The highest BCUT2D eigenvalue weighted by molar-refractivity contribution is 6.01. The molecule has 0 aliphatic rings. The molecule has 1 aromatic carbocycles. The fraction of sp³-hybridized carbons (Fsp3) is 0.0909. The van der Waals surface area contributed by atoms with Crippen molar-refractivity contribution in [2.45, 2.75) is 0 Å². The van der Waals surface area contributed by atoms with Crippen LogP contribution in [-0.2, 0) is 0 Å². The third kappa shape index (κ3) is 1.42. The number of fused-ring (bicyclic) bond motifs is 1. The number of hydrogen-bond acceptors (Lipinski definition) is 3. The second-order valence-corrected chi connectivity index (χ2v) is 3.30. The van der Waals surface area contributed by atoms with Gasteiger partial charge in [0.1, 0.15) is 5.69 Å². The van der Waals surface area contributed by atoms with Crippen molar-refractivity contribution in [1.29, 1.82) is 0 Å². The fourth-order valence-electron chi connectivity index (χ4n) is 1.55. The van der Waals surface area contributed by atoms with Crippen molar-refractivity contribution in [3.8, 4) is 5.75 Å². The summed E-state index contributed by atoms with van der Waals surface area (Å²) in [6.07, 6.45) is 0. The van der Waals surface area contributed by atoms with Crippen LogP contribution in [0.3, 0.4) is 0 Å². The van der Waals surface area contributed by atoms with Crippen LogP contribution in [-0.4, -0.2) is 23.0 Å². The zero-order chi connectivity index (χ0) is 11.7. The number of carbonyl (C=O) groups excluding carboxylic acids is 1. The lowest BCUT2D eigenvalue weighted by Gasteiger charge is -2.05. The van der Waals surface area contributed by atoms with Gasteiger partial charge >= 0.3 is 0 Å². The molecule has 1 aromatic heterocycles. The van der Waals surface area contributed by atoms with E-state index in [9.17, 15) is 14.7 Å². The van der Waals surface area contributed by atoms with Crippen LogP contribution in [0.15, 0.2) is 29.1 Å². The van der Waals surface area contributed by atoms with Gasteiger partial charge in [-0.25, -0.2) is 0 Å². The molecule has 0 bridgehead atoms. The number of H-pyrrole nitrogens is 1. The first kappa shape index (κ1) is 10.2. The number of pyridine rings is 1. The second-order valence-electron chi connectivity index (χ2n) is 3.30. The molecule has 2 rings (SSSR count). The fourth-order valence-corrected chi connectivity index (χ4v) is 1.55. The molecule has 0 fully saturated rings. The van der Waals surface area contributed by atoms with Crippen molar-refractivity contribution in [3.05, 3.63) is 40.3 Å². The first-order valence-corrected chi connectivity index (χ1v) is 4.71. The smallest absolute Gasteiger partial charge is 0.271 e. The lowest BCUT2D eigenvalue weighted by molar-refractivity contribution is 0.0955. The molecule has 3 N–H and O–H groups in total. The molecule has 0 atom stereocenters. The zero-order valence-electron chi connectivity index (χ0n) is 8.57. The van der Waals surface area contributed by atoms with Gasteiger partial charge in [-0.3, -0.25) is 9.59 Å². The molecule has 0 radical (unpaired) electrons. The van der Waals surface area contributed by atoms with Gasteiger partial charge in [-0.15, -0.1) is 0 Å². The number of hydrogen-bond donors (Lipinski definition) is 3. The molecular formula is C11H10N2O3. The van der Waals surface area contributed by atoms with Crippen LogP contribution in [0.25, 0.3) is 10.8 Å². The predicted octanol–water partition coefficient (Wildman–Crippen LogP) is 0.593. The largest absolute Gasteiger partial charge is 0.505 e. The number of aromatic nitrogens is 1. The number of nitrogens with one attached hydrogen (secondary N) is 2. The summed E-state index contributed by atoms with van der Waals surface area (Å²) in [7, 11) is 1.43. The topological polar surface area (TPSA) is 82.2 Å². The average Bonchev–Trinajstić information content (AvgIpc) is 2.33. The summed E-state index contributed by atoms with van der Waals surface area (Å²) in [6.45, 7) is 0. The molecule has 0 spiro atoms. The third-order valence-electron chi connectivity index (χ3n) is 2.36. The Balaban J connectivity index is 2.86. The van der Waals surface area contributed by atoms with Gasteiger partial charge in [0.05, 0.1) is 5.39 Å². The molecule has 16 heavy (non-hydrogen) atoms. The van der Waals surface area contributed by atoms with E-state index in [1.54, 1.807) is 24.3 Å². The van der Waals surface area contributed by atoms with Gasteiger partial charge in [0.15, 0.2) is 5.75 Å². The number of rotatable bonds is 1. The SMILES string of the molecule is CNC(=O)c1[nH]c(=O)c2ccccc2c1O. The van der Waals surface area contributed by atoms with E-state index in [0.717, 1.165) is 0 Å². The quantitative estimate of drug-likeness (QED) is 0.655. The highest BCUT2D eigenvalue weighted by Crippen LogP contribution is 2.23. The Bertz CT molecular complexity index is 616. The van der Waals surface area contributed by atoms with Gasteiger partial charge < -0.3 is 15.4 Å². The molecule has 82 valence electrons. The maximum Gasteiger partial charge on any atom is 0.271 e. The highest BCUT2D eigenvalue weighted by atomic mass is 16.3. The summed E-state index contributed by atoms with van der Waals surface area (Å²) in [6, 6.07) is 6.56. The molecule has 0 saturated carbocycles. The molecule has 0 aliphatic carbocycles. The summed E-state index contributed by atoms with van der Waals surface area (Å²) in [5.41, 5.74) is -0.516. The molecular weight excluding hydrogens is 208 g/mol. The monoisotopic (exact) mass is 218 g/mol. The Morgan fingerprint density at radius 1 is 1.31 bits per heavy atom. The van der Waals surface area contributed by atoms with E-state index >= 15 is 0 Å². The Morgan fingerprint density at radius 2 is 1.94 bits per heavy atom. The third-order valence-corrected chi connectivity index (χ3v) is 2.36. The summed E-state index contributed by atoms with van der Waals surface area (Å²) in [5.74, 6) is -0.741. The predicted molar refractivity (Wildman–Crippen MR) is 59.6 cm³/mol. The molecule has 0 unspecified atom stereocenters. The van der Waals surface area contributed by atoms with Crippen molar-refractivity contribution in [3.63, 3.8) is 0 Å². The highest BCUT2D eigenvalue weighted by Gasteiger charge is 2.14. The molecule has 1 heterocycles. The van der Waals surface area contributed by atoms with Gasteiger partial charge in [0, 0.05) is 12.4 Å². The lowest BCUT2D eigenvalue weighted by atomic mass is 10.1. The van der Waals surface area contributed by atoms with E-state index in [2.05, 4.69) is 10.3 Å². The number of aromatic hydroxyl groups is 1. The van der Waals surface area contributed by atoms with E-state index in [0.29, 0.717) is 10.8 Å². The maximum atomic E-state index is 11.6. The first-order valence-electron chi connectivity index (χ1n) is 4.71. The Morgan fingerprint density at radius 3 is 2.56 bits per heavy atom. The minimum absolute atomic E-state index is 0.119. The van der Waals surface area contributed by atoms with Gasteiger partial charge in [0.25, 0.3) is 11.5 Å². The molecule has 5 heteroatoms. The van der Waals surface area contributed by atoms with Gasteiger partial charge in [-0.2, -0.15) is 0 Å². The Labute approximate surface area is 90.7 Å². The van der Waals surface area contributed by atoms with Crippen LogP contribution in [0.4, 0.5) is 0 Å². The minimum atomic E-state index is -0.527. The molecule has 2 aromatic rings. The van der Waals surface area contributed by atoms with E-state index < -0.39 is 11.5 Å². The number of aromatic amines is 1. The summed E-state index contributed by atoms with van der Waals surface area (Å²) >= 11 is 0. The number of amides is 1. The van der Waals surface area contributed by atoms with Crippen LogP contribution < -0.4 is 10.9 Å². The van der Waals surface area contributed by atoms with Crippen LogP contribution in [0, 0.1) is 0 Å². The van der Waals surface area contributed by atoms with Gasteiger partial charge in [-0.1, -0.05) is 18.2 Å². The van der Waals surface area contributed by atoms with E-state index in [1.165, 1.54) is 7.05 Å². The summed E-state index contributed by atoms with van der Waals surface area (Å²) in [4.78, 5) is 25.4. The van der Waals surface area contributed by atoms with E-state index in [1.807, 2.05) is 0 Å². The van der Waals surface area contributed by atoms with Crippen molar-refractivity contribution in [1.82, 2.24) is 10.3 Å². The molecule has 0 aliphatic heterocycles. The molecule has 5 nitrogen and oxygen atoms in total. The van der Waals surface area contributed by atoms with Gasteiger partial charge in [-0.05, 0) is 6.07 Å². The van der Waals surface area contributed by atoms with Crippen molar-refractivity contribution < 1.29 is 9.90 Å². The minimum Gasteiger partial charge on any atom is -0.505 e. The standard InChI is InChI=1S/C11H10N2O3/c1-12-11(16)8-9(14)6-4-2-3-5-7(6)10(15)13-8/h2-5,14H,1H3,(H,12,16)(H,13,15). The Hall–Kier alpha value is -2.30. The van der Waals surface area contributed by atoms with Crippen LogP contribution in [0.1, 0.15) is 10.5 Å². The van der Waals surface area contributed by atoms with Crippen LogP contribution >= 0.6 is 0 Å². The Kier molecular flexibility index (Phi) is 2.36. The average molecular weight is 218 g/mol. The lowest BCUT2D eigenvalue weighted by Crippen LogP contribution is -2.23. The van der Waals surface area contributed by atoms with E-state index in [-0.39, 0.29) is 11.4 Å². The summed E-state index contributed by atoms with van der Waals surface area (Å²) in [5, 5.41) is 12.9. The van der Waals surface area contributed by atoms with Crippen molar-refractivity contribution in [2.24, 2.45) is 0 Å². The first-order chi connectivity index (χ1) is 7.65. The van der Waals surface area contributed by atoms with Crippen molar-refractivity contribution in [2.75, 3.05) is 7.05 Å². The van der Waals surface area contributed by atoms with Crippen molar-refractivity contribution >= 4 is 16.7 Å². The normalized spacial score (nSPS) is 10.3. The zero-order valence-corrected chi connectivity index (χ0v) is 8.57. The van der Waals surface area contributed by atoms with E-state index in [4.69, 9.17) is 0 Å². The van der Waals surface area contributed by atoms with Crippen LogP contribution in [0.5, 0.6) is 5.75 Å². The number of benzene rings is 1. The van der Waals surface area contributed by atoms with Gasteiger partial charge in [0.2, 0.25) is 0 Å². The number of carbonyl (C=O) groups is 1. The summed E-state index contributed by atoms with van der Waals surface area (Å²) < 4.78 is 0. The second kappa shape index (κ2) is 3.69. The molecule has 1 amide bonds.